The lowest BCUT2D eigenvalue weighted by molar-refractivity contribution is -0.124. The second kappa shape index (κ2) is 29.5. The zero-order valence-electron chi connectivity index (χ0n) is 32.2. The molecule has 1 aromatic carbocycles. The molecule has 0 aromatic heterocycles. The van der Waals surface area contributed by atoms with E-state index in [-0.39, 0.29) is 30.0 Å². The average molecular weight is 670 g/mol. The molecule has 4 nitrogen and oxygen atoms in total. The first-order valence-corrected chi connectivity index (χ1v) is 18.5. The monoisotopic (exact) mass is 670 g/mol. The molecule has 0 saturated carbocycles. The highest BCUT2D eigenvalue weighted by molar-refractivity contribution is 5.83. The van der Waals surface area contributed by atoms with E-state index in [4.69, 9.17) is 4.74 Å². The molecule has 1 aliphatic rings. The molecule has 278 valence electrons. The fraction of sp³-hybridized carbons (Fsp3) is 0.659. The third-order valence-electron chi connectivity index (χ3n) is 9.49. The number of rotatable bonds is 20. The Morgan fingerprint density at radius 1 is 1.04 bits per heavy atom. The van der Waals surface area contributed by atoms with Gasteiger partial charge in [0.2, 0.25) is 0 Å². The molecule has 2 rings (SSSR count). The number of carbonyl (C=O) groups excluding carboxylic acids is 1. The van der Waals surface area contributed by atoms with Crippen LogP contribution in [0.15, 0.2) is 79.6 Å². The highest BCUT2D eigenvalue weighted by Crippen LogP contribution is 2.31. The van der Waals surface area contributed by atoms with Gasteiger partial charge < -0.3 is 15.1 Å². The zero-order chi connectivity index (χ0) is 35.0. The van der Waals surface area contributed by atoms with Gasteiger partial charge in [0.25, 0.3) is 0 Å². The van der Waals surface area contributed by atoms with Crippen molar-refractivity contribution < 1.29 is 15.0 Å². The minimum Gasteiger partial charge on any atom is -0.412 e. The number of ketones is 1. The Bertz CT molecular complexity index is 986. The molecular formula is C44H79NO3. The van der Waals surface area contributed by atoms with E-state index in [9.17, 15) is 4.79 Å². The van der Waals surface area contributed by atoms with Crippen molar-refractivity contribution in [3.05, 3.63) is 85.1 Å². The number of nitrogens with zero attached hydrogens (tertiary/aromatic N) is 1. The molecule has 0 saturated heterocycles. The number of unbranched alkanes of at least 4 members (excludes halogenated alkanes) is 1. The largest absolute Gasteiger partial charge is 0.412 e. The number of ether oxygens (including phenoxy) is 1. The van der Waals surface area contributed by atoms with Crippen LogP contribution in [0.1, 0.15) is 139 Å². The van der Waals surface area contributed by atoms with E-state index in [1.807, 2.05) is 51.2 Å². The van der Waals surface area contributed by atoms with Crippen molar-refractivity contribution in [2.24, 2.45) is 29.1 Å². The molecule has 48 heavy (non-hydrogen) atoms. The molecule has 0 fully saturated rings. The normalized spacial score (nSPS) is 14.8. The summed E-state index contributed by atoms with van der Waals surface area (Å²) in [6, 6.07) is 10.1. The first-order valence-electron chi connectivity index (χ1n) is 18.5. The molecule has 3 atom stereocenters. The molecule has 2 N–H and O–H groups in total. The molecular weight excluding hydrogens is 590 g/mol. The second-order valence-corrected chi connectivity index (χ2v) is 13.9. The summed E-state index contributed by atoms with van der Waals surface area (Å²) in [5, 5.41) is 0. The molecule has 0 radical (unpaired) electrons. The van der Waals surface area contributed by atoms with E-state index in [0.717, 1.165) is 42.1 Å². The first kappa shape index (κ1) is 50.0. The van der Waals surface area contributed by atoms with E-state index < -0.39 is 0 Å². The maximum absolute atomic E-state index is 13.4. The summed E-state index contributed by atoms with van der Waals surface area (Å²) in [5.41, 5.74) is 3.02. The van der Waals surface area contributed by atoms with E-state index in [2.05, 4.69) is 84.4 Å². The summed E-state index contributed by atoms with van der Waals surface area (Å²) >= 11 is 0. The molecule has 0 aliphatic heterocycles. The molecule has 1 aliphatic carbocycles. The number of allylic oxidation sites excluding steroid dienone is 5. The minimum absolute atomic E-state index is 0. The molecule has 0 amide bonds. The van der Waals surface area contributed by atoms with Crippen LogP contribution in [0.2, 0.25) is 0 Å². The number of Topliss-reactive ketones (excluding diaryl/α,β-unsaturated/α-hetero) is 1. The van der Waals surface area contributed by atoms with Crippen LogP contribution < -0.4 is 0 Å². The van der Waals surface area contributed by atoms with Gasteiger partial charge in [-0.3, -0.25) is 4.79 Å². The van der Waals surface area contributed by atoms with Crippen LogP contribution in [0, 0.1) is 29.1 Å². The van der Waals surface area contributed by atoms with Gasteiger partial charge in [-0.2, -0.15) is 0 Å². The van der Waals surface area contributed by atoms with Crippen molar-refractivity contribution in [1.82, 2.24) is 4.90 Å². The van der Waals surface area contributed by atoms with Gasteiger partial charge in [0.15, 0.2) is 0 Å². The van der Waals surface area contributed by atoms with Crippen LogP contribution in [-0.2, 0) is 16.1 Å². The second-order valence-electron chi connectivity index (χ2n) is 13.9. The van der Waals surface area contributed by atoms with Gasteiger partial charge in [0.05, 0.1) is 13.2 Å². The Kier molecular flexibility index (Phi) is 30.7. The van der Waals surface area contributed by atoms with E-state index in [1.54, 1.807) is 0 Å². The quantitative estimate of drug-likeness (QED) is 0.130. The van der Waals surface area contributed by atoms with Crippen LogP contribution in [0.4, 0.5) is 0 Å². The van der Waals surface area contributed by atoms with Crippen LogP contribution in [0.25, 0.3) is 0 Å². The van der Waals surface area contributed by atoms with Gasteiger partial charge in [-0.05, 0) is 60.8 Å². The Hall–Kier alpha value is -2.43. The lowest BCUT2D eigenvalue weighted by Crippen LogP contribution is -2.28. The van der Waals surface area contributed by atoms with Crippen LogP contribution in [0.5, 0.6) is 0 Å². The highest BCUT2D eigenvalue weighted by Gasteiger charge is 2.26. The van der Waals surface area contributed by atoms with Crippen molar-refractivity contribution in [1.29, 1.82) is 0 Å². The number of carbonyl (C=O) groups is 1. The van der Waals surface area contributed by atoms with Gasteiger partial charge in [0.1, 0.15) is 5.78 Å². The van der Waals surface area contributed by atoms with Crippen molar-refractivity contribution in [3.63, 3.8) is 0 Å². The average Bonchev–Trinajstić information content (AvgIpc) is 3.06. The Balaban J connectivity index is -0.00000135. The van der Waals surface area contributed by atoms with Crippen LogP contribution in [0.3, 0.4) is 0 Å². The SMILES string of the molecule is C.C=CC(CCN(C)C(=C)CC(=O)C(COCc1ccccc1)CC(=C)C(C)(C)C)C1CC=CCC1.CC.CCCCC(CC)CC.O. The van der Waals surface area contributed by atoms with E-state index >= 15 is 0 Å². The first-order chi connectivity index (χ1) is 22.0. The summed E-state index contributed by atoms with van der Waals surface area (Å²) in [6.07, 6.45) is 19.2. The maximum Gasteiger partial charge on any atom is 0.144 e. The minimum atomic E-state index is -0.217. The van der Waals surface area contributed by atoms with Gasteiger partial charge >= 0.3 is 0 Å². The third kappa shape index (κ3) is 21.5. The Morgan fingerprint density at radius 3 is 2.17 bits per heavy atom. The summed E-state index contributed by atoms with van der Waals surface area (Å²) < 4.78 is 6.00. The highest BCUT2D eigenvalue weighted by atomic mass is 16.5. The van der Waals surface area contributed by atoms with Gasteiger partial charge in [-0.15, -0.1) is 6.58 Å². The third-order valence-corrected chi connectivity index (χ3v) is 9.49. The van der Waals surface area contributed by atoms with Gasteiger partial charge in [-0.1, -0.05) is 162 Å². The number of hydrogen-bond acceptors (Lipinski definition) is 3. The predicted octanol–water partition coefficient (Wildman–Crippen LogP) is 12.2. The van der Waals surface area contributed by atoms with Crippen molar-refractivity contribution in [2.75, 3.05) is 20.2 Å². The summed E-state index contributed by atoms with van der Waals surface area (Å²) in [4.78, 5) is 15.5. The number of hydrogen-bond donors (Lipinski definition) is 0. The molecule has 3 unspecified atom stereocenters. The van der Waals surface area contributed by atoms with Crippen molar-refractivity contribution >= 4 is 5.78 Å². The summed E-state index contributed by atoms with van der Waals surface area (Å²) in [5.74, 6) is 2.14. The Labute approximate surface area is 299 Å². The van der Waals surface area contributed by atoms with Crippen LogP contribution >= 0.6 is 0 Å². The van der Waals surface area contributed by atoms with Crippen LogP contribution in [-0.4, -0.2) is 36.4 Å². The van der Waals surface area contributed by atoms with Crippen molar-refractivity contribution in [3.8, 4) is 0 Å². The van der Waals surface area contributed by atoms with Gasteiger partial charge in [0, 0.05) is 31.6 Å². The van der Waals surface area contributed by atoms with Crippen molar-refractivity contribution in [2.45, 2.75) is 140 Å². The standard InChI is InChI=1S/C32H47NO2.C9H20.C2H6.CH4.H2O/c1-8-28(29-17-13-10-14-18-29)19-20-33(7)26(3)22-31(34)30(21-25(2)32(4,5)6)24-35-23-27-15-11-9-12-16-27;1-4-7-8-9(5-2)6-3;1-2;;/h8-13,15-16,28-30H,1-3,14,17-24H2,4-7H3;9H,4-8H2,1-3H3;1-2H3;1H4;1H2. The number of benzene rings is 1. The molecule has 0 heterocycles. The smallest absolute Gasteiger partial charge is 0.144 e. The molecule has 4 heteroatoms. The fourth-order valence-corrected chi connectivity index (χ4v) is 5.69. The zero-order valence-corrected chi connectivity index (χ0v) is 32.2. The molecule has 0 spiro atoms. The van der Waals surface area contributed by atoms with E-state index in [0.29, 0.717) is 37.9 Å². The summed E-state index contributed by atoms with van der Waals surface area (Å²) in [7, 11) is 2.05. The topological polar surface area (TPSA) is 61.0 Å². The lowest BCUT2D eigenvalue weighted by atomic mass is 9.80. The fourth-order valence-electron chi connectivity index (χ4n) is 5.69. The molecule has 1 aromatic rings. The maximum atomic E-state index is 13.4. The van der Waals surface area contributed by atoms with E-state index in [1.165, 1.54) is 44.9 Å². The lowest BCUT2D eigenvalue weighted by Gasteiger charge is -2.29. The molecule has 0 bridgehead atoms. The summed E-state index contributed by atoms with van der Waals surface area (Å²) in [6.45, 7) is 31.7. The Morgan fingerprint density at radius 2 is 1.67 bits per heavy atom. The van der Waals surface area contributed by atoms with Gasteiger partial charge in [-0.25, -0.2) is 0 Å². The predicted molar refractivity (Wildman–Crippen MR) is 214 cm³/mol.